The van der Waals surface area contributed by atoms with E-state index in [1.165, 1.54) is 4.90 Å². The lowest BCUT2D eigenvalue weighted by atomic mass is 10.1. The predicted molar refractivity (Wildman–Crippen MR) is 142 cm³/mol. The number of hydrogen-bond acceptors (Lipinski definition) is 4. The van der Waals surface area contributed by atoms with Gasteiger partial charge in [0, 0.05) is 17.6 Å². The first-order chi connectivity index (χ1) is 16.5. The van der Waals surface area contributed by atoms with E-state index in [0.717, 1.165) is 29.0 Å². The van der Waals surface area contributed by atoms with E-state index in [0.29, 0.717) is 22.7 Å². The number of nitrogens with one attached hydrogen (secondary N) is 1. The van der Waals surface area contributed by atoms with Gasteiger partial charge in [-0.25, -0.2) is 8.42 Å². The van der Waals surface area contributed by atoms with Crippen LogP contribution in [0.1, 0.15) is 51.7 Å². The topological polar surface area (TPSA) is 86.8 Å². The van der Waals surface area contributed by atoms with Gasteiger partial charge < -0.3 is 10.2 Å². The Morgan fingerprint density at radius 3 is 2.14 bits per heavy atom. The summed E-state index contributed by atoms with van der Waals surface area (Å²) in [6, 6.07) is 13.3. The van der Waals surface area contributed by atoms with Gasteiger partial charge in [0.1, 0.15) is 12.6 Å². The van der Waals surface area contributed by atoms with Crippen LogP contribution in [0.25, 0.3) is 0 Å². The second kappa shape index (κ2) is 12.9. The minimum atomic E-state index is -3.76. The number of rotatable bonds is 12. The molecule has 0 radical (unpaired) electrons. The van der Waals surface area contributed by atoms with Crippen molar-refractivity contribution in [2.24, 2.45) is 0 Å². The number of amides is 2. The molecule has 0 saturated carbocycles. The highest BCUT2D eigenvalue weighted by molar-refractivity contribution is 7.92. The molecule has 0 fully saturated rings. The molecule has 9 heteroatoms. The summed E-state index contributed by atoms with van der Waals surface area (Å²) in [5.41, 5.74) is 2.13. The molecular formula is C26H36ClN3O4S. The fraction of sp³-hybridized carbons (Fsp3) is 0.462. The fourth-order valence-corrected chi connectivity index (χ4v) is 4.73. The summed E-state index contributed by atoms with van der Waals surface area (Å²) in [5, 5.41) is 3.42. The number of halogens is 1. The zero-order valence-corrected chi connectivity index (χ0v) is 22.7. The minimum absolute atomic E-state index is 0.0570. The quantitative estimate of drug-likeness (QED) is 0.448. The first-order valence-electron chi connectivity index (χ1n) is 11.9. The summed E-state index contributed by atoms with van der Waals surface area (Å²) in [6.07, 6.45) is 2.99. The number of sulfonamides is 1. The zero-order chi connectivity index (χ0) is 26.2. The molecule has 2 rings (SSSR count). The predicted octanol–water partition coefficient (Wildman–Crippen LogP) is 4.39. The van der Waals surface area contributed by atoms with E-state index in [-0.39, 0.29) is 18.5 Å². The molecule has 0 aliphatic carbocycles. The van der Waals surface area contributed by atoms with E-state index in [1.807, 2.05) is 45.9 Å². The van der Waals surface area contributed by atoms with Crippen molar-refractivity contribution in [3.05, 3.63) is 64.7 Å². The Bertz CT molecular complexity index is 1110. The van der Waals surface area contributed by atoms with Crippen LogP contribution in [0.4, 0.5) is 5.69 Å². The molecule has 0 spiro atoms. The largest absolute Gasteiger partial charge is 0.352 e. The zero-order valence-electron chi connectivity index (χ0n) is 21.1. The lowest BCUT2D eigenvalue weighted by molar-refractivity contribution is -0.140. The Morgan fingerprint density at radius 2 is 1.63 bits per heavy atom. The van der Waals surface area contributed by atoms with E-state index in [9.17, 15) is 18.0 Å². The van der Waals surface area contributed by atoms with Gasteiger partial charge in [-0.1, -0.05) is 62.7 Å². The normalized spacial score (nSPS) is 13.1. The van der Waals surface area contributed by atoms with Gasteiger partial charge in [-0.2, -0.15) is 0 Å². The molecule has 0 unspecified atom stereocenters. The molecule has 2 aromatic rings. The van der Waals surface area contributed by atoms with Crippen LogP contribution < -0.4 is 9.62 Å². The van der Waals surface area contributed by atoms with Crippen molar-refractivity contribution in [2.75, 3.05) is 17.1 Å². The summed E-state index contributed by atoms with van der Waals surface area (Å²) < 4.78 is 26.4. The Kier molecular flexibility index (Phi) is 10.6. The lowest BCUT2D eigenvalue weighted by Crippen LogP contribution is -2.53. The van der Waals surface area contributed by atoms with E-state index < -0.39 is 28.5 Å². The highest BCUT2D eigenvalue weighted by Crippen LogP contribution is 2.23. The van der Waals surface area contributed by atoms with Gasteiger partial charge in [-0.15, -0.1) is 0 Å². The van der Waals surface area contributed by atoms with Crippen LogP contribution in [-0.4, -0.2) is 50.0 Å². The summed E-state index contributed by atoms with van der Waals surface area (Å²) >= 11 is 6.37. The van der Waals surface area contributed by atoms with Gasteiger partial charge in [0.25, 0.3) is 0 Å². The molecule has 0 aliphatic rings. The van der Waals surface area contributed by atoms with Crippen molar-refractivity contribution in [3.8, 4) is 0 Å². The van der Waals surface area contributed by atoms with Crippen LogP contribution in [0.3, 0.4) is 0 Å². The standard InChI is InChI=1S/C26H36ClN3O4S/c1-6-19(4)28-26(32)24(8-3)29(17-21-11-9-10-12-23(21)27)25(31)18-30(35(5,33)34)22-15-13-20(7-2)14-16-22/h9-16,19,24H,6-8,17-18H2,1-5H3,(H,28,32)/t19-,24+/m0/s1. The third-order valence-electron chi connectivity index (χ3n) is 6.00. The first kappa shape index (κ1) is 28.7. The maximum Gasteiger partial charge on any atom is 0.244 e. The molecule has 0 saturated heterocycles. The highest BCUT2D eigenvalue weighted by Gasteiger charge is 2.32. The molecule has 192 valence electrons. The highest BCUT2D eigenvalue weighted by atomic mass is 35.5. The molecule has 1 N–H and O–H groups in total. The van der Waals surface area contributed by atoms with Crippen molar-refractivity contribution < 1.29 is 18.0 Å². The van der Waals surface area contributed by atoms with Crippen molar-refractivity contribution in [3.63, 3.8) is 0 Å². The Morgan fingerprint density at radius 1 is 1.00 bits per heavy atom. The lowest BCUT2D eigenvalue weighted by Gasteiger charge is -2.33. The molecule has 7 nitrogen and oxygen atoms in total. The van der Waals surface area contributed by atoms with Crippen LogP contribution in [0.5, 0.6) is 0 Å². The molecule has 0 aromatic heterocycles. The molecule has 2 aromatic carbocycles. The summed E-state index contributed by atoms with van der Waals surface area (Å²) in [5.74, 6) is -0.762. The van der Waals surface area contributed by atoms with Crippen LogP contribution in [0.2, 0.25) is 5.02 Å². The smallest absolute Gasteiger partial charge is 0.244 e. The molecule has 0 bridgehead atoms. The molecule has 2 amide bonds. The van der Waals surface area contributed by atoms with E-state index >= 15 is 0 Å². The Hall–Kier alpha value is -2.58. The Labute approximate surface area is 214 Å². The van der Waals surface area contributed by atoms with Crippen LogP contribution >= 0.6 is 11.6 Å². The molecule has 2 atom stereocenters. The SMILES string of the molecule is CCc1ccc(N(CC(=O)N(Cc2ccccc2Cl)[C@H](CC)C(=O)N[C@@H](C)CC)S(C)(=O)=O)cc1. The third-order valence-corrected chi connectivity index (χ3v) is 7.51. The Balaban J connectivity index is 2.44. The third kappa shape index (κ3) is 7.97. The van der Waals surface area contributed by atoms with E-state index in [1.54, 1.807) is 30.3 Å². The number of benzene rings is 2. The number of carbonyl (C=O) groups is 2. The van der Waals surface area contributed by atoms with Crippen molar-refractivity contribution in [1.29, 1.82) is 0 Å². The van der Waals surface area contributed by atoms with Gasteiger partial charge in [0.2, 0.25) is 21.8 Å². The number of anilines is 1. The van der Waals surface area contributed by atoms with Crippen LogP contribution in [-0.2, 0) is 32.6 Å². The van der Waals surface area contributed by atoms with Gasteiger partial charge in [0.05, 0.1) is 11.9 Å². The van der Waals surface area contributed by atoms with Gasteiger partial charge in [-0.3, -0.25) is 13.9 Å². The maximum absolute atomic E-state index is 13.7. The van der Waals surface area contributed by atoms with Gasteiger partial charge in [-0.05, 0) is 55.5 Å². The fourth-order valence-electron chi connectivity index (χ4n) is 3.68. The second-order valence-electron chi connectivity index (χ2n) is 8.64. The average Bonchev–Trinajstić information content (AvgIpc) is 2.82. The number of carbonyl (C=O) groups excluding carboxylic acids is 2. The van der Waals surface area contributed by atoms with Gasteiger partial charge >= 0.3 is 0 Å². The monoisotopic (exact) mass is 521 g/mol. The maximum atomic E-state index is 13.7. The van der Waals surface area contributed by atoms with E-state index in [2.05, 4.69) is 5.32 Å². The number of aryl methyl sites for hydroxylation is 1. The van der Waals surface area contributed by atoms with E-state index in [4.69, 9.17) is 11.6 Å². The van der Waals surface area contributed by atoms with Crippen LogP contribution in [0, 0.1) is 0 Å². The number of nitrogens with zero attached hydrogens (tertiary/aromatic N) is 2. The molecular weight excluding hydrogens is 486 g/mol. The number of hydrogen-bond donors (Lipinski definition) is 1. The average molecular weight is 522 g/mol. The second-order valence-corrected chi connectivity index (χ2v) is 11.0. The first-order valence-corrected chi connectivity index (χ1v) is 14.1. The molecule has 0 aliphatic heterocycles. The van der Waals surface area contributed by atoms with Crippen molar-refractivity contribution >= 4 is 39.1 Å². The summed E-state index contributed by atoms with van der Waals surface area (Å²) in [7, 11) is -3.76. The van der Waals surface area contributed by atoms with Crippen molar-refractivity contribution in [2.45, 2.75) is 65.6 Å². The van der Waals surface area contributed by atoms with Gasteiger partial charge in [0.15, 0.2) is 0 Å². The summed E-state index contributed by atoms with van der Waals surface area (Å²) in [6.45, 7) is 7.35. The molecule has 35 heavy (non-hydrogen) atoms. The summed E-state index contributed by atoms with van der Waals surface area (Å²) in [4.78, 5) is 28.2. The minimum Gasteiger partial charge on any atom is -0.352 e. The molecule has 0 heterocycles. The van der Waals surface area contributed by atoms with Crippen LogP contribution in [0.15, 0.2) is 48.5 Å². The van der Waals surface area contributed by atoms with Crippen molar-refractivity contribution in [1.82, 2.24) is 10.2 Å².